The van der Waals surface area contributed by atoms with Crippen LogP contribution in [0.15, 0.2) is 0 Å². The first-order valence-corrected chi connectivity index (χ1v) is 4.95. The molecular weight excluding hydrogens is 160 g/mol. The minimum atomic E-state index is 0.414. The zero-order valence-corrected chi connectivity index (χ0v) is 8.39. The molecule has 1 heterocycles. The van der Waals surface area contributed by atoms with Crippen LogP contribution in [0, 0.1) is 23.7 Å². The van der Waals surface area contributed by atoms with Gasteiger partial charge in [0.1, 0.15) is 0 Å². The maximum atomic E-state index is 5.36. The maximum absolute atomic E-state index is 5.36. The molecule has 0 aromatic rings. The molecule has 2 atom stereocenters. The first-order valence-electron chi connectivity index (χ1n) is 4.95. The molecule has 13 heavy (non-hydrogen) atoms. The monoisotopic (exact) mass is 176 g/mol. The molecule has 1 saturated heterocycles. The summed E-state index contributed by atoms with van der Waals surface area (Å²) in [7, 11) is 0. The van der Waals surface area contributed by atoms with E-state index in [1.807, 2.05) is 6.92 Å². The van der Waals surface area contributed by atoms with E-state index in [9.17, 15) is 0 Å². The Labute approximate surface area is 80.9 Å². The van der Waals surface area contributed by atoms with Gasteiger partial charge >= 0.3 is 0 Å². The molecule has 0 N–H and O–H groups in total. The molecule has 2 unspecified atom stereocenters. The van der Waals surface area contributed by atoms with Crippen LogP contribution in [0.3, 0.4) is 0 Å². The van der Waals surface area contributed by atoms with Crippen molar-refractivity contribution in [3.05, 3.63) is 0 Å². The van der Waals surface area contributed by atoms with E-state index in [1.165, 1.54) is 0 Å². The SMILES string of the molecule is CCC#CCC#CCC1OC1CC. The quantitative estimate of drug-likeness (QED) is 0.465. The predicted molar refractivity (Wildman–Crippen MR) is 54.0 cm³/mol. The lowest BCUT2D eigenvalue weighted by Crippen LogP contribution is -1.89. The van der Waals surface area contributed by atoms with Gasteiger partial charge in [-0.15, -0.1) is 5.92 Å². The first kappa shape index (κ1) is 10.2. The Balaban J connectivity index is 2.05. The van der Waals surface area contributed by atoms with Crippen molar-refractivity contribution in [3.8, 4) is 23.7 Å². The second-order valence-electron chi connectivity index (χ2n) is 3.06. The molecule has 1 nitrogen and oxygen atoms in total. The topological polar surface area (TPSA) is 12.5 Å². The zero-order chi connectivity index (χ0) is 9.52. The van der Waals surface area contributed by atoms with Crippen molar-refractivity contribution in [2.45, 2.75) is 51.7 Å². The van der Waals surface area contributed by atoms with Crippen molar-refractivity contribution < 1.29 is 4.74 Å². The molecule has 0 saturated carbocycles. The summed E-state index contributed by atoms with van der Waals surface area (Å²) in [6, 6.07) is 0. The summed E-state index contributed by atoms with van der Waals surface area (Å²) < 4.78 is 5.36. The third-order valence-electron chi connectivity index (χ3n) is 2.00. The molecule has 0 aliphatic carbocycles. The van der Waals surface area contributed by atoms with Gasteiger partial charge < -0.3 is 4.74 Å². The highest BCUT2D eigenvalue weighted by Crippen LogP contribution is 2.27. The molecular formula is C12H16O. The summed E-state index contributed by atoms with van der Waals surface area (Å²) >= 11 is 0. The molecule has 1 fully saturated rings. The van der Waals surface area contributed by atoms with Gasteiger partial charge in [0.15, 0.2) is 0 Å². The van der Waals surface area contributed by atoms with Gasteiger partial charge in [0.2, 0.25) is 0 Å². The van der Waals surface area contributed by atoms with Crippen LogP contribution in [0.2, 0.25) is 0 Å². The lowest BCUT2D eigenvalue weighted by molar-refractivity contribution is 0.369. The summed E-state index contributed by atoms with van der Waals surface area (Å²) in [4.78, 5) is 0. The number of ether oxygens (including phenoxy) is 1. The van der Waals surface area contributed by atoms with Gasteiger partial charge in [-0.1, -0.05) is 31.6 Å². The minimum absolute atomic E-state index is 0.414. The van der Waals surface area contributed by atoms with Crippen molar-refractivity contribution in [2.24, 2.45) is 0 Å². The molecule has 0 aromatic heterocycles. The summed E-state index contributed by atoms with van der Waals surface area (Å²) in [5.41, 5.74) is 0. The van der Waals surface area contributed by atoms with E-state index < -0.39 is 0 Å². The molecule has 1 aliphatic heterocycles. The summed E-state index contributed by atoms with van der Waals surface area (Å²) in [6.07, 6.45) is 4.52. The number of hydrogen-bond acceptors (Lipinski definition) is 1. The summed E-state index contributed by atoms with van der Waals surface area (Å²) in [6.45, 7) is 4.19. The standard InChI is InChI=1S/C12H16O/c1-3-5-6-7-8-9-10-12-11(4-2)13-12/h11-12H,3-4,7,10H2,1-2H3. The van der Waals surface area contributed by atoms with E-state index in [0.29, 0.717) is 18.6 Å². The van der Waals surface area contributed by atoms with Crippen molar-refractivity contribution in [1.29, 1.82) is 0 Å². The largest absolute Gasteiger partial charge is 0.369 e. The number of epoxide rings is 1. The number of rotatable bonds is 2. The van der Waals surface area contributed by atoms with Crippen molar-refractivity contribution in [3.63, 3.8) is 0 Å². The van der Waals surface area contributed by atoms with E-state index >= 15 is 0 Å². The van der Waals surface area contributed by atoms with E-state index in [-0.39, 0.29) is 0 Å². The predicted octanol–water partition coefficient (Wildman–Crippen LogP) is 2.36. The minimum Gasteiger partial charge on any atom is -0.369 e. The third-order valence-corrected chi connectivity index (χ3v) is 2.00. The van der Waals surface area contributed by atoms with Gasteiger partial charge in [-0.25, -0.2) is 0 Å². The lowest BCUT2D eigenvalue weighted by Gasteiger charge is -1.80. The van der Waals surface area contributed by atoms with Gasteiger partial charge in [0.25, 0.3) is 0 Å². The van der Waals surface area contributed by atoms with Gasteiger partial charge in [0.05, 0.1) is 18.6 Å². The molecule has 1 heteroatoms. The fourth-order valence-electron chi connectivity index (χ4n) is 1.18. The van der Waals surface area contributed by atoms with Crippen LogP contribution in [-0.4, -0.2) is 12.2 Å². The fraction of sp³-hybridized carbons (Fsp3) is 0.667. The molecule has 0 aromatic carbocycles. The third kappa shape index (κ3) is 4.02. The highest BCUT2D eigenvalue weighted by molar-refractivity contribution is 5.12. The van der Waals surface area contributed by atoms with E-state index in [4.69, 9.17) is 4.74 Å². The van der Waals surface area contributed by atoms with Crippen molar-refractivity contribution >= 4 is 0 Å². The fourth-order valence-corrected chi connectivity index (χ4v) is 1.18. The number of hydrogen-bond donors (Lipinski definition) is 0. The highest BCUT2D eigenvalue weighted by atomic mass is 16.6. The summed E-state index contributed by atoms with van der Waals surface area (Å²) in [5.74, 6) is 12.1. The van der Waals surface area contributed by atoms with Gasteiger partial charge in [-0.3, -0.25) is 0 Å². The Morgan fingerprint density at radius 1 is 1.00 bits per heavy atom. The Hall–Kier alpha value is -0.920. The van der Waals surface area contributed by atoms with E-state index in [2.05, 4.69) is 30.6 Å². The van der Waals surface area contributed by atoms with Crippen LogP contribution < -0.4 is 0 Å². The first-order chi connectivity index (χ1) is 6.38. The smallest absolute Gasteiger partial charge is 0.0950 e. The highest BCUT2D eigenvalue weighted by Gasteiger charge is 2.35. The maximum Gasteiger partial charge on any atom is 0.0950 e. The van der Waals surface area contributed by atoms with Crippen LogP contribution in [0.4, 0.5) is 0 Å². The normalized spacial score (nSPS) is 23.8. The molecule has 0 spiro atoms. The van der Waals surface area contributed by atoms with Crippen molar-refractivity contribution in [2.75, 3.05) is 0 Å². The van der Waals surface area contributed by atoms with Crippen LogP contribution in [0.5, 0.6) is 0 Å². The average Bonchev–Trinajstić information content (AvgIpc) is 2.90. The molecule has 0 bridgehead atoms. The van der Waals surface area contributed by atoms with Gasteiger partial charge in [-0.2, -0.15) is 0 Å². The zero-order valence-electron chi connectivity index (χ0n) is 8.39. The average molecular weight is 176 g/mol. The van der Waals surface area contributed by atoms with Crippen LogP contribution in [-0.2, 0) is 4.74 Å². The Kier molecular flexibility index (Phi) is 4.44. The molecule has 1 aliphatic rings. The van der Waals surface area contributed by atoms with E-state index in [0.717, 1.165) is 19.3 Å². The Bertz CT molecular complexity index is 258. The second kappa shape index (κ2) is 5.68. The lowest BCUT2D eigenvalue weighted by atomic mass is 10.2. The molecule has 0 radical (unpaired) electrons. The van der Waals surface area contributed by atoms with Crippen molar-refractivity contribution in [1.82, 2.24) is 0 Å². The van der Waals surface area contributed by atoms with Crippen LogP contribution in [0.25, 0.3) is 0 Å². The van der Waals surface area contributed by atoms with Crippen LogP contribution >= 0.6 is 0 Å². The summed E-state index contributed by atoms with van der Waals surface area (Å²) in [5, 5.41) is 0. The molecule has 70 valence electrons. The molecule has 0 amide bonds. The van der Waals surface area contributed by atoms with Crippen LogP contribution in [0.1, 0.15) is 39.5 Å². The molecule has 1 rings (SSSR count). The van der Waals surface area contributed by atoms with Gasteiger partial charge in [0, 0.05) is 12.8 Å². The Morgan fingerprint density at radius 2 is 1.77 bits per heavy atom. The second-order valence-corrected chi connectivity index (χ2v) is 3.06. The van der Waals surface area contributed by atoms with E-state index in [1.54, 1.807) is 0 Å². The van der Waals surface area contributed by atoms with Gasteiger partial charge in [-0.05, 0) is 6.42 Å². The Morgan fingerprint density at radius 3 is 2.38 bits per heavy atom.